The van der Waals surface area contributed by atoms with Gasteiger partial charge in [-0.1, -0.05) is 31.2 Å². The van der Waals surface area contributed by atoms with Crippen LogP contribution in [0.4, 0.5) is 0 Å². The molecule has 6 heteroatoms. The van der Waals surface area contributed by atoms with Gasteiger partial charge in [-0.2, -0.15) is 0 Å². The molecule has 0 bridgehead atoms. The Balaban J connectivity index is 0.00000312. The Labute approximate surface area is 172 Å². The van der Waals surface area contributed by atoms with Crippen LogP contribution in [0.25, 0.3) is 0 Å². The average molecular weight is 472 g/mol. The number of rotatable bonds is 8. The second-order valence-electron chi connectivity index (χ2n) is 5.73. The molecule has 0 aliphatic rings. The van der Waals surface area contributed by atoms with E-state index in [1.807, 2.05) is 6.92 Å². The Kier molecular flexibility index (Phi) is 10.7. The van der Waals surface area contributed by atoms with Crippen molar-refractivity contribution in [2.45, 2.75) is 46.6 Å². The minimum atomic E-state index is 0. The molecule has 0 unspecified atom stereocenters. The van der Waals surface area contributed by atoms with Crippen molar-refractivity contribution >= 4 is 41.3 Å². The fourth-order valence-electron chi connectivity index (χ4n) is 2.53. The first-order valence-corrected chi connectivity index (χ1v) is 9.60. The molecule has 2 N–H and O–H groups in total. The first-order valence-electron chi connectivity index (χ1n) is 8.72. The van der Waals surface area contributed by atoms with E-state index in [4.69, 9.17) is 4.99 Å². The molecule has 0 saturated carbocycles. The average Bonchev–Trinajstić information content (AvgIpc) is 3.02. The number of aromatic nitrogens is 1. The molecule has 1 heterocycles. The summed E-state index contributed by atoms with van der Waals surface area (Å²) in [6, 6.07) is 8.52. The zero-order valence-corrected chi connectivity index (χ0v) is 18.5. The molecule has 0 amide bonds. The minimum Gasteiger partial charge on any atom is -0.357 e. The molecule has 0 spiro atoms. The quantitative estimate of drug-likeness (QED) is 0.261. The monoisotopic (exact) mass is 472 g/mol. The highest BCUT2D eigenvalue weighted by atomic mass is 127. The van der Waals surface area contributed by atoms with E-state index in [0.717, 1.165) is 44.0 Å². The normalized spacial score (nSPS) is 11.1. The van der Waals surface area contributed by atoms with Crippen LogP contribution in [0.3, 0.4) is 0 Å². The van der Waals surface area contributed by atoms with Crippen molar-refractivity contribution in [1.82, 2.24) is 15.6 Å². The second kappa shape index (κ2) is 12.2. The zero-order valence-electron chi connectivity index (χ0n) is 15.3. The fraction of sp³-hybridized carbons (Fsp3) is 0.474. The van der Waals surface area contributed by atoms with E-state index in [0.29, 0.717) is 6.54 Å². The van der Waals surface area contributed by atoms with Crippen molar-refractivity contribution < 1.29 is 0 Å². The highest BCUT2D eigenvalue weighted by Crippen LogP contribution is 2.11. The number of nitrogens with one attached hydrogen (secondary N) is 2. The molecule has 2 aromatic rings. The molecule has 0 aliphatic carbocycles. The van der Waals surface area contributed by atoms with Gasteiger partial charge in [0.15, 0.2) is 5.96 Å². The Morgan fingerprint density at radius 1 is 1.16 bits per heavy atom. The summed E-state index contributed by atoms with van der Waals surface area (Å²) in [5.41, 5.74) is 3.79. The Bertz CT molecular complexity index is 654. The van der Waals surface area contributed by atoms with E-state index in [9.17, 15) is 0 Å². The van der Waals surface area contributed by atoms with E-state index in [1.165, 1.54) is 16.1 Å². The number of hydrogen-bond donors (Lipinski definition) is 2. The van der Waals surface area contributed by atoms with Gasteiger partial charge in [0.1, 0.15) is 0 Å². The Hall–Kier alpha value is -1.15. The van der Waals surface area contributed by atoms with E-state index < -0.39 is 0 Å². The van der Waals surface area contributed by atoms with Crippen molar-refractivity contribution in [3.05, 3.63) is 51.5 Å². The number of nitrogens with zero attached hydrogens (tertiary/aromatic N) is 2. The number of benzene rings is 1. The third kappa shape index (κ3) is 7.73. The summed E-state index contributed by atoms with van der Waals surface area (Å²) in [4.78, 5) is 9.23. The summed E-state index contributed by atoms with van der Waals surface area (Å²) in [5.74, 6) is 0.888. The molecule has 0 fully saturated rings. The molecule has 0 atom stereocenters. The molecule has 0 radical (unpaired) electrons. The first-order chi connectivity index (χ1) is 11.7. The molecular weight excluding hydrogens is 443 g/mol. The topological polar surface area (TPSA) is 49.3 Å². The molecule has 0 saturated heterocycles. The van der Waals surface area contributed by atoms with Crippen LogP contribution >= 0.6 is 35.3 Å². The summed E-state index contributed by atoms with van der Waals surface area (Å²) in [7, 11) is 0. The fourth-order valence-corrected chi connectivity index (χ4v) is 3.34. The molecule has 138 valence electrons. The van der Waals surface area contributed by atoms with E-state index >= 15 is 0 Å². The third-order valence-electron chi connectivity index (χ3n) is 3.78. The van der Waals surface area contributed by atoms with Crippen LogP contribution in [-0.2, 0) is 19.4 Å². The predicted octanol–water partition coefficient (Wildman–Crippen LogP) is 4.32. The van der Waals surface area contributed by atoms with E-state index in [2.05, 4.69) is 59.1 Å². The van der Waals surface area contributed by atoms with E-state index in [-0.39, 0.29) is 24.0 Å². The van der Waals surface area contributed by atoms with Crippen LogP contribution in [0.2, 0.25) is 0 Å². The van der Waals surface area contributed by atoms with Gasteiger partial charge in [0.25, 0.3) is 0 Å². The lowest BCUT2D eigenvalue weighted by atomic mass is 10.1. The molecular formula is C19H29IN4S. The van der Waals surface area contributed by atoms with Crippen LogP contribution < -0.4 is 10.6 Å². The largest absolute Gasteiger partial charge is 0.357 e. The smallest absolute Gasteiger partial charge is 0.191 e. The van der Waals surface area contributed by atoms with Gasteiger partial charge in [0.2, 0.25) is 0 Å². The van der Waals surface area contributed by atoms with Crippen molar-refractivity contribution in [3.8, 4) is 0 Å². The number of thiazole rings is 1. The maximum Gasteiger partial charge on any atom is 0.191 e. The predicted molar refractivity (Wildman–Crippen MR) is 119 cm³/mol. The summed E-state index contributed by atoms with van der Waals surface area (Å²) in [5, 5.41) is 10.1. The van der Waals surface area contributed by atoms with E-state index in [1.54, 1.807) is 11.3 Å². The third-order valence-corrected chi connectivity index (χ3v) is 4.80. The van der Waals surface area contributed by atoms with Gasteiger partial charge in [-0.05, 0) is 37.8 Å². The number of aryl methyl sites for hydroxylation is 3. The Morgan fingerprint density at radius 2 is 1.92 bits per heavy atom. The number of guanidine groups is 1. The number of aliphatic imine (C=N–C) groups is 1. The Morgan fingerprint density at radius 3 is 2.56 bits per heavy atom. The zero-order chi connectivity index (χ0) is 17.2. The van der Waals surface area contributed by atoms with Gasteiger partial charge < -0.3 is 10.6 Å². The summed E-state index contributed by atoms with van der Waals surface area (Å²) >= 11 is 1.75. The molecule has 25 heavy (non-hydrogen) atoms. The van der Waals surface area contributed by atoms with Crippen molar-refractivity contribution in [3.63, 3.8) is 0 Å². The SMILES string of the molecule is CCNC(=NCc1ccccc1CC)NCCCc1nc(C)cs1.I. The van der Waals surface area contributed by atoms with Gasteiger partial charge in [-0.3, -0.25) is 0 Å². The van der Waals surface area contributed by atoms with Crippen molar-refractivity contribution in [1.29, 1.82) is 0 Å². The maximum atomic E-state index is 4.72. The van der Waals surface area contributed by atoms with Crippen LogP contribution in [0.1, 0.15) is 42.1 Å². The van der Waals surface area contributed by atoms with Gasteiger partial charge in [0, 0.05) is 30.6 Å². The first kappa shape index (κ1) is 21.9. The summed E-state index contributed by atoms with van der Waals surface area (Å²) < 4.78 is 0. The molecule has 1 aromatic carbocycles. The molecule has 2 rings (SSSR count). The van der Waals surface area contributed by atoms with Crippen LogP contribution in [0.15, 0.2) is 34.6 Å². The van der Waals surface area contributed by atoms with Gasteiger partial charge in [-0.15, -0.1) is 35.3 Å². The second-order valence-corrected chi connectivity index (χ2v) is 6.67. The summed E-state index contributed by atoms with van der Waals surface area (Å²) in [6.45, 7) is 8.81. The lowest BCUT2D eigenvalue weighted by Crippen LogP contribution is -2.37. The number of halogens is 1. The lowest BCUT2D eigenvalue weighted by molar-refractivity contribution is 0.740. The van der Waals surface area contributed by atoms with Crippen LogP contribution in [-0.4, -0.2) is 24.0 Å². The van der Waals surface area contributed by atoms with Gasteiger partial charge in [-0.25, -0.2) is 9.98 Å². The van der Waals surface area contributed by atoms with Gasteiger partial charge in [0.05, 0.1) is 11.6 Å². The molecule has 1 aromatic heterocycles. The minimum absolute atomic E-state index is 0. The highest BCUT2D eigenvalue weighted by molar-refractivity contribution is 14.0. The molecule has 4 nitrogen and oxygen atoms in total. The lowest BCUT2D eigenvalue weighted by Gasteiger charge is -2.12. The maximum absolute atomic E-state index is 4.72. The van der Waals surface area contributed by atoms with Crippen molar-refractivity contribution in [2.75, 3.05) is 13.1 Å². The summed E-state index contributed by atoms with van der Waals surface area (Å²) in [6.07, 6.45) is 3.12. The number of hydrogen-bond acceptors (Lipinski definition) is 3. The highest BCUT2D eigenvalue weighted by Gasteiger charge is 2.02. The van der Waals surface area contributed by atoms with Crippen LogP contribution in [0.5, 0.6) is 0 Å². The van der Waals surface area contributed by atoms with Crippen LogP contribution in [0, 0.1) is 6.92 Å². The molecule has 0 aliphatic heterocycles. The van der Waals surface area contributed by atoms with Crippen molar-refractivity contribution in [2.24, 2.45) is 4.99 Å². The standard InChI is InChI=1S/C19H28N4S.HI/c1-4-16-9-6-7-10-17(16)13-22-19(20-5-2)21-12-8-11-18-23-15(3)14-24-18;/h6-7,9-10,14H,4-5,8,11-13H2,1-3H3,(H2,20,21,22);1H. The van der Waals surface area contributed by atoms with Gasteiger partial charge >= 0.3 is 0 Å².